The molecular weight excluding hydrogens is 254 g/mol. The Labute approximate surface area is 119 Å². The van der Waals surface area contributed by atoms with Gasteiger partial charge in [-0.2, -0.15) is 0 Å². The molecule has 1 aliphatic heterocycles. The van der Waals surface area contributed by atoms with Crippen LogP contribution >= 0.6 is 0 Å². The smallest absolute Gasteiger partial charge is 0.239 e. The summed E-state index contributed by atoms with van der Waals surface area (Å²) in [6.07, 6.45) is 1.67. The van der Waals surface area contributed by atoms with Crippen LogP contribution in [0.15, 0.2) is 36.9 Å². The summed E-state index contributed by atoms with van der Waals surface area (Å²) in [5.41, 5.74) is 2.09. The molecule has 0 aromatic heterocycles. The molecule has 0 spiro atoms. The highest BCUT2D eigenvalue weighted by molar-refractivity contribution is 5.82. The van der Waals surface area contributed by atoms with E-state index >= 15 is 0 Å². The van der Waals surface area contributed by atoms with Gasteiger partial charge in [-0.15, -0.1) is 6.58 Å². The molecule has 1 aliphatic rings. The zero-order chi connectivity index (χ0) is 14.2. The topological polar surface area (TPSA) is 53.6 Å². The molecule has 0 radical (unpaired) electrons. The summed E-state index contributed by atoms with van der Waals surface area (Å²) < 4.78 is 5.37. The fourth-order valence-electron chi connectivity index (χ4n) is 2.13. The van der Waals surface area contributed by atoms with Crippen molar-refractivity contribution < 1.29 is 9.53 Å². The number of rotatable bonds is 6. The number of anilines is 2. The van der Waals surface area contributed by atoms with Gasteiger partial charge in [0.2, 0.25) is 5.91 Å². The Morgan fingerprint density at radius 2 is 2.10 bits per heavy atom. The van der Waals surface area contributed by atoms with Crippen molar-refractivity contribution in [1.29, 1.82) is 0 Å². The fraction of sp³-hybridized carbons (Fsp3) is 0.400. The van der Waals surface area contributed by atoms with Crippen LogP contribution in [0.2, 0.25) is 0 Å². The first-order valence-corrected chi connectivity index (χ1v) is 6.84. The van der Waals surface area contributed by atoms with Gasteiger partial charge in [0.1, 0.15) is 0 Å². The standard InChI is InChI=1S/C15H21N3O2/c1-2-7-16-15(19)12-17-13-5-3-4-6-14(13)18-8-10-20-11-9-18/h2-6,17H,1,7-12H2,(H,16,19). The van der Waals surface area contributed by atoms with Crippen LogP contribution in [0, 0.1) is 0 Å². The van der Waals surface area contributed by atoms with Gasteiger partial charge < -0.3 is 20.3 Å². The summed E-state index contributed by atoms with van der Waals surface area (Å²) in [6, 6.07) is 8.03. The van der Waals surface area contributed by atoms with Gasteiger partial charge in [0.25, 0.3) is 0 Å². The van der Waals surface area contributed by atoms with Crippen molar-refractivity contribution in [2.45, 2.75) is 0 Å². The maximum absolute atomic E-state index is 11.6. The lowest BCUT2D eigenvalue weighted by Gasteiger charge is -2.30. The van der Waals surface area contributed by atoms with Gasteiger partial charge in [-0.05, 0) is 12.1 Å². The van der Waals surface area contributed by atoms with Crippen LogP contribution in [-0.4, -0.2) is 45.3 Å². The van der Waals surface area contributed by atoms with E-state index in [-0.39, 0.29) is 12.5 Å². The Hall–Kier alpha value is -2.01. The molecule has 0 atom stereocenters. The Morgan fingerprint density at radius 1 is 1.35 bits per heavy atom. The molecule has 1 heterocycles. The molecule has 20 heavy (non-hydrogen) atoms. The van der Waals surface area contributed by atoms with Crippen LogP contribution < -0.4 is 15.5 Å². The van der Waals surface area contributed by atoms with Crippen molar-refractivity contribution in [3.8, 4) is 0 Å². The highest BCUT2D eigenvalue weighted by Crippen LogP contribution is 2.25. The first-order valence-electron chi connectivity index (χ1n) is 6.84. The number of hydrogen-bond donors (Lipinski definition) is 2. The highest BCUT2D eigenvalue weighted by atomic mass is 16.5. The molecule has 1 aromatic rings. The monoisotopic (exact) mass is 275 g/mol. The third-order valence-electron chi connectivity index (χ3n) is 3.14. The van der Waals surface area contributed by atoms with Crippen molar-refractivity contribution >= 4 is 17.3 Å². The number of para-hydroxylation sites is 2. The predicted octanol–water partition coefficient (Wildman–Crippen LogP) is 1.24. The van der Waals surface area contributed by atoms with Crippen molar-refractivity contribution in [3.63, 3.8) is 0 Å². The molecular formula is C15H21N3O2. The predicted molar refractivity (Wildman–Crippen MR) is 81.2 cm³/mol. The molecule has 2 rings (SSSR count). The minimum absolute atomic E-state index is 0.0401. The first-order chi connectivity index (χ1) is 9.81. The number of hydrogen-bond acceptors (Lipinski definition) is 4. The number of amides is 1. The molecule has 0 aliphatic carbocycles. The molecule has 1 amide bonds. The van der Waals surface area contributed by atoms with Crippen molar-refractivity contribution in [3.05, 3.63) is 36.9 Å². The lowest BCUT2D eigenvalue weighted by atomic mass is 10.2. The zero-order valence-electron chi connectivity index (χ0n) is 11.6. The largest absolute Gasteiger partial charge is 0.378 e. The van der Waals surface area contributed by atoms with Crippen molar-refractivity contribution in [2.24, 2.45) is 0 Å². The number of carbonyl (C=O) groups excluding carboxylic acids is 1. The van der Waals surface area contributed by atoms with Gasteiger partial charge in [0, 0.05) is 19.6 Å². The van der Waals surface area contributed by atoms with Gasteiger partial charge >= 0.3 is 0 Å². The Morgan fingerprint density at radius 3 is 2.85 bits per heavy atom. The number of nitrogens with one attached hydrogen (secondary N) is 2. The number of benzene rings is 1. The van der Waals surface area contributed by atoms with Crippen LogP contribution in [0.4, 0.5) is 11.4 Å². The van der Waals surface area contributed by atoms with Crippen LogP contribution in [0.3, 0.4) is 0 Å². The van der Waals surface area contributed by atoms with E-state index in [1.807, 2.05) is 18.2 Å². The first kappa shape index (κ1) is 14.4. The van der Waals surface area contributed by atoms with Crippen molar-refractivity contribution in [2.75, 3.05) is 49.6 Å². The van der Waals surface area contributed by atoms with Gasteiger partial charge in [-0.25, -0.2) is 0 Å². The number of nitrogens with zero attached hydrogens (tertiary/aromatic N) is 1. The van der Waals surface area contributed by atoms with Gasteiger partial charge in [-0.1, -0.05) is 18.2 Å². The minimum atomic E-state index is -0.0401. The maximum atomic E-state index is 11.6. The second-order valence-corrected chi connectivity index (χ2v) is 4.56. The second-order valence-electron chi connectivity index (χ2n) is 4.56. The molecule has 1 fully saturated rings. The minimum Gasteiger partial charge on any atom is -0.378 e. The third kappa shape index (κ3) is 3.99. The van der Waals surface area contributed by atoms with E-state index in [0.29, 0.717) is 6.54 Å². The molecule has 1 saturated heterocycles. The van der Waals surface area contributed by atoms with Gasteiger partial charge in [0.15, 0.2) is 0 Å². The molecule has 5 heteroatoms. The summed E-state index contributed by atoms with van der Waals surface area (Å²) in [5, 5.41) is 5.94. The molecule has 0 bridgehead atoms. The van der Waals surface area contributed by atoms with E-state index in [1.54, 1.807) is 6.08 Å². The van der Waals surface area contributed by atoms with Crippen LogP contribution in [0.5, 0.6) is 0 Å². The van der Waals surface area contributed by atoms with E-state index in [0.717, 1.165) is 37.7 Å². The Bertz CT molecular complexity index is 456. The molecule has 5 nitrogen and oxygen atoms in total. The second kappa shape index (κ2) is 7.55. The van der Waals surface area contributed by atoms with Gasteiger partial charge in [0.05, 0.1) is 31.1 Å². The average Bonchev–Trinajstić information content (AvgIpc) is 2.52. The zero-order valence-corrected chi connectivity index (χ0v) is 11.6. The van der Waals surface area contributed by atoms with Crippen LogP contribution in [0.25, 0.3) is 0 Å². The molecule has 1 aromatic carbocycles. The quantitative estimate of drug-likeness (QED) is 0.767. The van der Waals surface area contributed by atoms with E-state index < -0.39 is 0 Å². The summed E-state index contributed by atoms with van der Waals surface area (Å²) >= 11 is 0. The van der Waals surface area contributed by atoms with Crippen LogP contribution in [0.1, 0.15) is 0 Å². The number of carbonyl (C=O) groups is 1. The fourth-order valence-corrected chi connectivity index (χ4v) is 2.13. The average molecular weight is 275 g/mol. The van der Waals surface area contributed by atoms with E-state index in [1.165, 1.54) is 0 Å². The molecule has 0 saturated carbocycles. The summed E-state index contributed by atoms with van der Waals surface area (Å²) in [5.74, 6) is -0.0401. The van der Waals surface area contributed by atoms with E-state index in [4.69, 9.17) is 4.74 Å². The van der Waals surface area contributed by atoms with E-state index in [9.17, 15) is 4.79 Å². The summed E-state index contributed by atoms with van der Waals surface area (Å²) in [6.45, 7) is 7.56. The number of morpholine rings is 1. The molecule has 2 N–H and O–H groups in total. The molecule has 0 unspecified atom stereocenters. The van der Waals surface area contributed by atoms with E-state index in [2.05, 4.69) is 28.2 Å². The van der Waals surface area contributed by atoms with Gasteiger partial charge in [-0.3, -0.25) is 4.79 Å². The highest BCUT2D eigenvalue weighted by Gasteiger charge is 2.14. The normalized spacial score (nSPS) is 14.7. The SMILES string of the molecule is C=CCNC(=O)CNc1ccccc1N1CCOCC1. The summed E-state index contributed by atoms with van der Waals surface area (Å²) in [7, 11) is 0. The molecule has 108 valence electrons. The van der Waals surface area contributed by atoms with Crippen molar-refractivity contribution in [1.82, 2.24) is 5.32 Å². The Balaban J connectivity index is 1.96. The van der Waals surface area contributed by atoms with Crippen LogP contribution in [-0.2, 0) is 9.53 Å². The third-order valence-corrected chi connectivity index (χ3v) is 3.14. The lowest BCUT2D eigenvalue weighted by Crippen LogP contribution is -2.37. The number of ether oxygens (including phenoxy) is 1. The lowest BCUT2D eigenvalue weighted by molar-refractivity contribution is -0.119. The maximum Gasteiger partial charge on any atom is 0.239 e. The summed E-state index contributed by atoms with van der Waals surface area (Å²) in [4.78, 5) is 13.9. The Kier molecular flexibility index (Phi) is 5.43.